The summed E-state index contributed by atoms with van der Waals surface area (Å²) in [6.07, 6.45) is 0. The number of nitrogens with zero attached hydrogens (tertiary/aromatic N) is 3. The normalized spacial score (nSPS) is 11.5. The minimum absolute atomic E-state index is 0.104. The lowest BCUT2D eigenvalue weighted by Crippen LogP contribution is -2.27. The zero-order chi connectivity index (χ0) is 14.2. The van der Waals surface area contributed by atoms with Crippen molar-refractivity contribution in [3.8, 4) is 0 Å². The number of aryl methyl sites for hydroxylation is 2. The summed E-state index contributed by atoms with van der Waals surface area (Å²) in [5.41, 5.74) is 7.99. The highest BCUT2D eigenvalue weighted by Crippen LogP contribution is 2.27. The van der Waals surface area contributed by atoms with E-state index < -0.39 is 10.0 Å². The first-order chi connectivity index (χ1) is 8.82. The molecule has 0 radical (unpaired) electrons. The highest BCUT2D eigenvalue weighted by Gasteiger charge is 2.26. The minimum Gasteiger partial charge on any atom is -0.374 e. The molecule has 0 aliphatic carbocycles. The fourth-order valence-corrected chi connectivity index (χ4v) is 3.93. The van der Waals surface area contributed by atoms with E-state index in [0.717, 1.165) is 22.5 Å². The average molecular weight is 298 g/mol. The predicted octanol–water partition coefficient (Wildman–Crippen LogP) is 1.56. The number of anilines is 2. The zero-order valence-corrected chi connectivity index (χ0v) is 12.4. The second-order valence-electron chi connectivity index (χ2n) is 4.17. The van der Waals surface area contributed by atoms with Crippen molar-refractivity contribution < 1.29 is 8.42 Å². The number of benzene rings is 1. The smallest absolute Gasteiger partial charge is 0.293 e. The molecular weight excluding hydrogens is 284 g/mol. The summed E-state index contributed by atoms with van der Waals surface area (Å²) in [7, 11) is -2.22. The van der Waals surface area contributed by atoms with Gasteiger partial charge in [0.25, 0.3) is 14.4 Å². The summed E-state index contributed by atoms with van der Waals surface area (Å²) in [4.78, 5) is 0. The Morgan fingerprint density at radius 2 is 1.95 bits per heavy atom. The SMILES string of the molecule is Cc1ccc(N(C)S(=O)(=O)c2nnc(N)s2)c(C)c1. The molecule has 1 aromatic heterocycles. The minimum atomic E-state index is -3.71. The maximum Gasteiger partial charge on any atom is 0.293 e. The summed E-state index contributed by atoms with van der Waals surface area (Å²) >= 11 is 0.853. The van der Waals surface area contributed by atoms with Crippen LogP contribution >= 0.6 is 11.3 Å². The highest BCUT2D eigenvalue weighted by atomic mass is 32.2. The summed E-state index contributed by atoms with van der Waals surface area (Å²) in [5, 5.41) is 7.26. The van der Waals surface area contributed by atoms with Gasteiger partial charge in [-0.3, -0.25) is 4.31 Å². The van der Waals surface area contributed by atoms with Crippen LogP contribution in [-0.2, 0) is 10.0 Å². The molecule has 8 heteroatoms. The Kier molecular flexibility index (Phi) is 3.46. The van der Waals surface area contributed by atoms with E-state index in [1.165, 1.54) is 11.4 Å². The van der Waals surface area contributed by atoms with Gasteiger partial charge in [0.2, 0.25) is 5.13 Å². The molecule has 19 heavy (non-hydrogen) atoms. The molecular formula is C11H14N4O2S2. The molecule has 2 rings (SSSR count). The standard InChI is InChI=1S/C11H14N4O2S2/c1-7-4-5-9(8(2)6-7)15(3)19(16,17)11-14-13-10(12)18-11/h4-6H,1-3H3,(H2,12,13). The molecule has 0 fully saturated rings. The van der Waals surface area contributed by atoms with Crippen molar-refractivity contribution >= 4 is 32.2 Å². The van der Waals surface area contributed by atoms with Gasteiger partial charge in [0.1, 0.15) is 0 Å². The topological polar surface area (TPSA) is 89.2 Å². The van der Waals surface area contributed by atoms with Gasteiger partial charge in [-0.25, -0.2) is 0 Å². The summed E-state index contributed by atoms with van der Waals surface area (Å²) in [6, 6.07) is 5.56. The lowest BCUT2D eigenvalue weighted by atomic mass is 10.1. The van der Waals surface area contributed by atoms with Gasteiger partial charge in [-0.05, 0) is 25.5 Å². The Balaban J connectivity index is 2.46. The predicted molar refractivity (Wildman–Crippen MR) is 75.8 cm³/mol. The molecule has 0 aliphatic rings. The number of nitrogen functional groups attached to an aromatic ring is 1. The van der Waals surface area contributed by atoms with Gasteiger partial charge in [-0.15, -0.1) is 10.2 Å². The molecule has 2 aromatic rings. The van der Waals surface area contributed by atoms with Crippen LogP contribution in [0.1, 0.15) is 11.1 Å². The Hall–Kier alpha value is -1.67. The number of hydrogen-bond donors (Lipinski definition) is 1. The van der Waals surface area contributed by atoms with Crippen molar-refractivity contribution in [3.63, 3.8) is 0 Å². The highest BCUT2D eigenvalue weighted by molar-refractivity contribution is 7.94. The quantitative estimate of drug-likeness (QED) is 0.929. The molecule has 0 atom stereocenters. The molecule has 0 unspecified atom stereocenters. The number of hydrogen-bond acceptors (Lipinski definition) is 6. The van der Waals surface area contributed by atoms with Gasteiger partial charge < -0.3 is 5.73 Å². The van der Waals surface area contributed by atoms with Gasteiger partial charge >= 0.3 is 0 Å². The first-order valence-electron chi connectivity index (χ1n) is 5.47. The summed E-state index contributed by atoms with van der Waals surface area (Å²) < 4.78 is 25.8. The summed E-state index contributed by atoms with van der Waals surface area (Å²) in [6.45, 7) is 3.82. The van der Waals surface area contributed by atoms with E-state index in [9.17, 15) is 8.42 Å². The molecule has 0 amide bonds. The third-order valence-corrected chi connectivity index (χ3v) is 5.56. The van der Waals surface area contributed by atoms with E-state index in [4.69, 9.17) is 5.73 Å². The summed E-state index contributed by atoms with van der Waals surface area (Å²) in [5.74, 6) is 0. The monoisotopic (exact) mass is 298 g/mol. The van der Waals surface area contributed by atoms with Crippen molar-refractivity contribution in [3.05, 3.63) is 29.3 Å². The van der Waals surface area contributed by atoms with E-state index in [1.807, 2.05) is 26.0 Å². The van der Waals surface area contributed by atoms with Gasteiger partial charge in [0.05, 0.1) is 5.69 Å². The first-order valence-corrected chi connectivity index (χ1v) is 7.73. The molecule has 1 heterocycles. The van der Waals surface area contributed by atoms with E-state index in [-0.39, 0.29) is 9.47 Å². The van der Waals surface area contributed by atoms with Crippen molar-refractivity contribution in [1.82, 2.24) is 10.2 Å². The molecule has 2 N–H and O–H groups in total. The fraction of sp³-hybridized carbons (Fsp3) is 0.273. The van der Waals surface area contributed by atoms with Crippen LogP contribution in [0.4, 0.5) is 10.8 Å². The third kappa shape index (κ3) is 2.54. The molecule has 0 spiro atoms. The Morgan fingerprint density at radius 1 is 1.26 bits per heavy atom. The largest absolute Gasteiger partial charge is 0.374 e. The van der Waals surface area contributed by atoms with E-state index in [0.29, 0.717) is 5.69 Å². The lowest BCUT2D eigenvalue weighted by molar-refractivity contribution is 0.592. The maximum atomic E-state index is 12.4. The van der Waals surface area contributed by atoms with Gasteiger partial charge in [0, 0.05) is 7.05 Å². The molecule has 1 aromatic carbocycles. The third-order valence-electron chi connectivity index (χ3n) is 2.69. The Bertz CT molecular complexity index is 709. The van der Waals surface area contributed by atoms with E-state index >= 15 is 0 Å². The number of aromatic nitrogens is 2. The van der Waals surface area contributed by atoms with Crippen molar-refractivity contribution in [2.45, 2.75) is 18.2 Å². The van der Waals surface area contributed by atoms with Gasteiger partial charge in [-0.1, -0.05) is 29.0 Å². The number of sulfonamides is 1. The lowest BCUT2D eigenvalue weighted by Gasteiger charge is -2.19. The maximum absolute atomic E-state index is 12.4. The van der Waals surface area contributed by atoms with Crippen LogP contribution in [0.2, 0.25) is 0 Å². The Labute approximate surface area is 115 Å². The molecule has 6 nitrogen and oxygen atoms in total. The number of nitrogens with two attached hydrogens (primary N) is 1. The van der Waals surface area contributed by atoms with Crippen molar-refractivity contribution in [2.75, 3.05) is 17.1 Å². The van der Waals surface area contributed by atoms with E-state index in [2.05, 4.69) is 10.2 Å². The molecule has 0 aliphatic heterocycles. The molecule has 0 saturated carbocycles. The second kappa shape index (κ2) is 4.78. The van der Waals surface area contributed by atoms with Gasteiger partial charge in [0.15, 0.2) is 0 Å². The van der Waals surface area contributed by atoms with Crippen LogP contribution in [0, 0.1) is 13.8 Å². The van der Waals surface area contributed by atoms with E-state index in [1.54, 1.807) is 6.07 Å². The van der Waals surface area contributed by atoms with Crippen LogP contribution in [0.25, 0.3) is 0 Å². The molecule has 102 valence electrons. The second-order valence-corrected chi connectivity index (χ2v) is 7.32. The van der Waals surface area contributed by atoms with Crippen LogP contribution in [0.15, 0.2) is 22.5 Å². The fourth-order valence-electron chi connectivity index (χ4n) is 1.73. The Morgan fingerprint density at radius 3 is 2.47 bits per heavy atom. The first kappa shape index (κ1) is 13.8. The average Bonchev–Trinajstić information content (AvgIpc) is 2.76. The molecule has 0 saturated heterocycles. The molecule has 0 bridgehead atoms. The van der Waals surface area contributed by atoms with Gasteiger partial charge in [-0.2, -0.15) is 8.42 Å². The zero-order valence-electron chi connectivity index (χ0n) is 10.8. The van der Waals surface area contributed by atoms with Crippen LogP contribution in [-0.4, -0.2) is 25.7 Å². The van der Waals surface area contributed by atoms with Crippen LogP contribution < -0.4 is 10.0 Å². The van der Waals surface area contributed by atoms with Crippen molar-refractivity contribution in [1.29, 1.82) is 0 Å². The van der Waals surface area contributed by atoms with Crippen LogP contribution in [0.5, 0.6) is 0 Å². The van der Waals surface area contributed by atoms with Crippen molar-refractivity contribution in [2.24, 2.45) is 0 Å². The van der Waals surface area contributed by atoms with Crippen LogP contribution in [0.3, 0.4) is 0 Å². The number of rotatable bonds is 3.